The third-order valence-electron chi connectivity index (χ3n) is 2.79. The van der Waals surface area contributed by atoms with E-state index in [0.717, 1.165) is 20.7 Å². The molecule has 0 saturated heterocycles. The molecule has 6 heteroatoms. The summed E-state index contributed by atoms with van der Waals surface area (Å²) in [4.78, 5) is 5.32. The summed E-state index contributed by atoms with van der Waals surface area (Å²) in [5.74, 6) is 1.45. The van der Waals surface area contributed by atoms with Gasteiger partial charge in [-0.05, 0) is 72.4 Å². The lowest BCUT2D eigenvalue weighted by Gasteiger charge is -2.20. The van der Waals surface area contributed by atoms with Crippen LogP contribution in [0, 0.1) is 0 Å². The zero-order valence-corrected chi connectivity index (χ0v) is 16.1. The van der Waals surface area contributed by atoms with Crippen molar-refractivity contribution in [2.45, 2.75) is 37.8 Å². The van der Waals surface area contributed by atoms with E-state index in [1.54, 1.807) is 13.3 Å². The molecule has 2 aromatic rings. The molecular weight excluding hydrogens is 376 g/mol. The molecule has 1 aromatic heterocycles. The fraction of sp³-hybridized carbons (Fsp3) is 0.353. The van der Waals surface area contributed by atoms with Crippen molar-refractivity contribution in [2.24, 2.45) is 0 Å². The number of hydrogen-bond donors (Lipinski definition) is 1. The lowest BCUT2D eigenvalue weighted by atomic mass is 10.1. The second-order valence-electron chi connectivity index (χ2n) is 6.05. The van der Waals surface area contributed by atoms with Crippen LogP contribution in [0.3, 0.4) is 0 Å². The molecule has 1 aromatic carbocycles. The van der Waals surface area contributed by atoms with E-state index >= 15 is 0 Å². The molecule has 0 saturated carbocycles. The molecule has 0 spiro atoms. The van der Waals surface area contributed by atoms with Crippen molar-refractivity contribution < 1.29 is 9.47 Å². The number of benzene rings is 1. The van der Waals surface area contributed by atoms with Crippen molar-refractivity contribution in [1.29, 1.82) is 0 Å². The zero-order valence-electron chi connectivity index (χ0n) is 13.7. The third kappa shape index (κ3) is 6.05. The summed E-state index contributed by atoms with van der Waals surface area (Å²) in [7, 11) is 1.66. The molecule has 1 N–H and O–H groups in total. The molecular formula is C17H21BrN2O2S. The van der Waals surface area contributed by atoms with E-state index in [2.05, 4.69) is 46.4 Å². The highest BCUT2D eigenvalue weighted by molar-refractivity contribution is 9.10. The fourth-order valence-corrected chi connectivity index (χ4v) is 2.95. The Labute approximate surface area is 150 Å². The van der Waals surface area contributed by atoms with Crippen LogP contribution in [0.1, 0.15) is 26.3 Å². The SMILES string of the molecule is COc1ccc(COc2ncc(Br)cc2SNC(C)(C)C)cc1. The van der Waals surface area contributed by atoms with Gasteiger partial charge in [-0.25, -0.2) is 4.98 Å². The molecule has 0 radical (unpaired) electrons. The Morgan fingerprint density at radius 2 is 1.91 bits per heavy atom. The van der Waals surface area contributed by atoms with Gasteiger partial charge < -0.3 is 9.47 Å². The van der Waals surface area contributed by atoms with Gasteiger partial charge in [-0.1, -0.05) is 12.1 Å². The monoisotopic (exact) mass is 396 g/mol. The highest BCUT2D eigenvalue weighted by atomic mass is 79.9. The first-order valence-corrected chi connectivity index (χ1v) is 8.83. The first kappa shape index (κ1) is 18.1. The number of pyridine rings is 1. The maximum absolute atomic E-state index is 5.88. The van der Waals surface area contributed by atoms with Crippen LogP contribution < -0.4 is 14.2 Å². The van der Waals surface area contributed by atoms with E-state index in [1.165, 1.54) is 11.9 Å². The first-order valence-electron chi connectivity index (χ1n) is 7.23. The van der Waals surface area contributed by atoms with E-state index in [-0.39, 0.29) is 5.54 Å². The standard InChI is InChI=1S/C17H21BrN2O2S/c1-17(2,3)20-23-15-9-13(18)10-19-16(15)22-11-12-5-7-14(21-4)8-6-12/h5-10,20H,11H2,1-4H3. The number of hydrogen-bond acceptors (Lipinski definition) is 5. The van der Waals surface area contributed by atoms with Crippen LogP contribution in [0.2, 0.25) is 0 Å². The summed E-state index contributed by atoms with van der Waals surface area (Å²) in [6, 6.07) is 9.81. The smallest absolute Gasteiger partial charge is 0.229 e. The third-order valence-corrected chi connectivity index (χ3v) is 4.45. The number of rotatable bonds is 6. The lowest BCUT2D eigenvalue weighted by Crippen LogP contribution is -2.29. The summed E-state index contributed by atoms with van der Waals surface area (Å²) >= 11 is 4.98. The highest BCUT2D eigenvalue weighted by Gasteiger charge is 2.13. The Hall–Kier alpha value is -1.24. The van der Waals surface area contributed by atoms with Crippen LogP contribution >= 0.6 is 27.9 Å². The van der Waals surface area contributed by atoms with Crippen molar-refractivity contribution in [3.8, 4) is 11.6 Å². The van der Waals surface area contributed by atoms with Gasteiger partial charge in [0.1, 0.15) is 12.4 Å². The highest BCUT2D eigenvalue weighted by Crippen LogP contribution is 2.30. The molecule has 0 atom stereocenters. The second kappa shape index (κ2) is 8.04. The molecule has 1 heterocycles. The quantitative estimate of drug-likeness (QED) is 0.708. The summed E-state index contributed by atoms with van der Waals surface area (Å²) in [6.07, 6.45) is 1.74. The van der Waals surface area contributed by atoms with E-state index in [1.807, 2.05) is 30.3 Å². The second-order valence-corrected chi connectivity index (χ2v) is 7.81. The zero-order chi connectivity index (χ0) is 16.9. The maximum Gasteiger partial charge on any atom is 0.229 e. The van der Waals surface area contributed by atoms with Gasteiger partial charge in [0.05, 0.1) is 12.0 Å². The summed E-state index contributed by atoms with van der Waals surface area (Å²) in [6.45, 7) is 6.80. The maximum atomic E-state index is 5.88. The van der Waals surface area contributed by atoms with Gasteiger partial charge in [-0.2, -0.15) is 0 Å². The van der Waals surface area contributed by atoms with Crippen molar-refractivity contribution in [1.82, 2.24) is 9.71 Å². The largest absolute Gasteiger partial charge is 0.497 e. The van der Waals surface area contributed by atoms with Crippen molar-refractivity contribution in [2.75, 3.05) is 7.11 Å². The molecule has 0 fully saturated rings. The Morgan fingerprint density at radius 3 is 2.52 bits per heavy atom. The summed E-state index contributed by atoms with van der Waals surface area (Å²) < 4.78 is 15.3. The molecule has 2 rings (SSSR count). The molecule has 0 bridgehead atoms. The van der Waals surface area contributed by atoms with Crippen LogP contribution in [0.4, 0.5) is 0 Å². The molecule has 0 aliphatic rings. The Morgan fingerprint density at radius 1 is 1.22 bits per heavy atom. The lowest BCUT2D eigenvalue weighted by molar-refractivity contribution is 0.285. The van der Waals surface area contributed by atoms with E-state index in [4.69, 9.17) is 9.47 Å². The number of ether oxygens (including phenoxy) is 2. The van der Waals surface area contributed by atoms with E-state index < -0.39 is 0 Å². The molecule has 4 nitrogen and oxygen atoms in total. The average molecular weight is 397 g/mol. The topological polar surface area (TPSA) is 43.4 Å². The predicted octanol–water partition coefficient (Wildman–Crippen LogP) is 4.83. The van der Waals surface area contributed by atoms with Gasteiger partial charge in [0.2, 0.25) is 5.88 Å². The van der Waals surface area contributed by atoms with Gasteiger partial charge in [0, 0.05) is 16.2 Å². The van der Waals surface area contributed by atoms with Crippen LogP contribution in [0.5, 0.6) is 11.6 Å². The number of nitrogens with one attached hydrogen (secondary N) is 1. The molecule has 124 valence electrons. The fourth-order valence-electron chi connectivity index (χ4n) is 1.67. The van der Waals surface area contributed by atoms with Crippen molar-refractivity contribution in [3.63, 3.8) is 0 Å². The van der Waals surface area contributed by atoms with Gasteiger partial charge in [0.25, 0.3) is 0 Å². The van der Waals surface area contributed by atoms with Crippen molar-refractivity contribution in [3.05, 3.63) is 46.6 Å². The molecule has 0 unspecified atom stereocenters. The van der Waals surface area contributed by atoms with Crippen LogP contribution in [-0.2, 0) is 6.61 Å². The number of halogens is 1. The Kier molecular flexibility index (Phi) is 6.33. The van der Waals surface area contributed by atoms with Crippen LogP contribution in [0.15, 0.2) is 45.9 Å². The number of nitrogens with zero attached hydrogens (tertiary/aromatic N) is 1. The average Bonchev–Trinajstić information content (AvgIpc) is 2.52. The summed E-state index contributed by atoms with van der Waals surface area (Å²) in [5, 5.41) is 0. The molecule has 23 heavy (non-hydrogen) atoms. The minimum atomic E-state index is 0.000236. The van der Waals surface area contributed by atoms with E-state index in [9.17, 15) is 0 Å². The van der Waals surface area contributed by atoms with Gasteiger partial charge in [0.15, 0.2) is 0 Å². The minimum Gasteiger partial charge on any atom is -0.497 e. The van der Waals surface area contributed by atoms with Gasteiger partial charge in [-0.3, -0.25) is 4.72 Å². The molecule has 0 amide bonds. The van der Waals surface area contributed by atoms with Crippen molar-refractivity contribution >= 4 is 27.9 Å². The first-order chi connectivity index (χ1) is 10.9. The molecule has 0 aliphatic carbocycles. The van der Waals surface area contributed by atoms with Gasteiger partial charge in [-0.15, -0.1) is 0 Å². The number of methoxy groups -OCH3 is 1. The van der Waals surface area contributed by atoms with Gasteiger partial charge >= 0.3 is 0 Å². The number of aromatic nitrogens is 1. The van der Waals surface area contributed by atoms with E-state index in [0.29, 0.717) is 12.5 Å². The Bertz CT molecular complexity index is 642. The minimum absolute atomic E-state index is 0.000236. The van der Waals surface area contributed by atoms with Crippen LogP contribution in [0.25, 0.3) is 0 Å². The Balaban J connectivity index is 2.06. The van der Waals surface area contributed by atoms with Crippen LogP contribution in [-0.4, -0.2) is 17.6 Å². The molecule has 0 aliphatic heterocycles. The normalized spacial score (nSPS) is 11.3. The summed E-state index contributed by atoms with van der Waals surface area (Å²) in [5.41, 5.74) is 1.07. The predicted molar refractivity (Wildman–Crippen MR) is 98.0 cm³/mol.